The standard InChI is InChI=1S/C30H43NO5/c1-8-24(25-12-13-26(21(6)16-25)29(34)31-17-28(32)33)11-9-23-10-14-27(22(7)15-23)36-18-30(35,19(2)3)20(4)5/h10,12-16,19-20,24,35H,8-9,11,17-18H2,1-7H3,(H,31,34)(H,32,33). The number of carbonyl (C=O) groups excluding carboxylic acids is 1. The van der Waals surface area contributed by atoms with Crippen molar-refractivity contribution in [2.24, 2.45) is 11.8 Å². The molecule has 0 bridgehead atoms. The molecule has 1 atom stereocenters. The van der Waals surface area contributed by atoms with Crippen LogP contribution in [0.5, 0.6) is 5.75 Å². The quantitative estimate of drug-likeness (QED) is 0.332. The van der Waals surface area contributed by atoms with Crippen molar-refractivity contribution in [3.63, 3.8) is 0 Å². The zero-order valence-electron chi connectivity index (χ0n) is 22.9. The fraction of sp³-hybridized carbons (Fsp3) is 0.533. The lowest BCUT2D eigenvalue weighted by atomic mass is 9.81. The third-order valence-electron chi connectivity index (χ3n) is 7.34. The molecule has 0 radical (unpaired) electrons. The van der Waals surface area contributed by atoms with E-state index in [0.29, 0.717) is 11.5 Å². The van der Waals surface area contributed by atoms with Crippen molar-refractivity contribution in [3.8, 4) is 5.75 Å². The molecule has 0 saturated carbocycles. The predicted octanol–water partition coefficient (Wildman–Crippen LogP) is 5.67. The Hall–Kier alpha value is -2.86. The van der Waals surface area contributed by atoms with Crippen LogP contribution in [0.3, 0.4) is 0 Å². The molecule has 6 heteroatoms. The first-order valence-electron chi connectivity index (χ1n) is 12.9. The van der Waals surface area contributed by atoms with Crippen LogP contribution >= 0.6 is 0 Å². The van der Waals surface area contributed by atoms with Gasteiger partial charge in [-0.15, -0.1) is 0 Å². The topological polar surface area (TPSA) is 95.9 Å². The molecular formula is C30H43NO5. The van der Waals surface area contributed by atoms with Gasteiger partial charge in [0.05, 0.1) is 0 Å². The van der Waals surface area contributed by atoms with Crippen molar-refractivity contribution in [2.75, 3.05) is 13.2 Å². The molecule has 0 saturated heterocycles. The first-order chi connectivity index (χ1) is 16.9. The molecule has 2 aromatic rings. The Labute approximate surface area is 216 Å². The molecule has 0 fully saturated rings. The molecule has 2 aromatic carbocycles. The van der Waals surface area contributed by atoms with E-state index in [4.69, 9.17) is 9.84 Å². The van der Waals surface area contributed by atoms with E-state index in [2.05, 4.69) is 24.4 Å². The second kappa shape index (κ2) is 12.9. The van der Waals surface area contributed by atoms with Crippen LogP contribution in [0.15, 0.2) is 36.4 Å². The Morgan fingerprint density at radius 1 is 1.00 bits per heavy atom. The third-order valence-corrected chi connectivity index (χ3v) is 7.34. The summed E-state index contributed by atoms with van der Waals surface area (Å²) in [6.07, 6.45) is 2.87. The Kier molecular flexibility index (Phi) is 10.5. The van der Waals surface area contributed by atoms with E-state index < -0.39 is 18.1 Å². The predicted molar refractivity (Wildman–Crippen MR) is 144 cm³/mol. The van der Waals surface area contributed by atoms with Gasteiger partial charge < -0.3 is 20.3 Å². The highest BCUT2D eigenvalue weighted by molar-refractivity contribution is 5.97. The zero-order valence-corrected chi connectivity index (χ0v) is 22.9. The van der Waals surface area contributed by atoms with Gasteiger partial charge in [0.1, 0.15) is 24.5 Å². The summed E-state index contributed by atoms with van der Waals surface area (Å²) in [7, 11) is 0. The van der Waals surface area contributed by atoms with E-state index in [-0.39, 0.29) is 24.3 Å². The molecule has 2 rings (SSSR count). The molecule has 1 amide bonds. The number of nitrogens with one attached hydrogen (secondary N) is 1. The van der Waals surface area contributed by atoms with Gasteiger partial charge >= 0.3 is 5.97 Å². The number of ether oxygens (including phenoxy) is 1. The van der Waals surface area contributed by atoms with Crippen molar-refractivity contribution < 1.29 is 24.5 Å². The summed E-state index contributed by atoms with van der Waals surface area (Å²) in [4.78, 5) is 23.0. The first kappa shape index (κ1) is 29.4. The van der Waals surface area contributed by atoms with Gasteiger partial charge in [-0.2, -0.15) is 0 Å². The summed E-state index contributed by atoms with van der Waals surface area (Å²) in [5.41, 5.74) is 3.95. The summed E-state index contributed by atoms with van der Waals surface area (Å²) in [5.74, 6) is -0.0838. The lowest BCUT2D eigenvalue weighted by Crippen LogP contribution is -2.46. The number of hydrogen-bond acceptors (Lipinski definition) is 4. The number of carbonyl (C=O) groups is 2. The Bertz CT molecular complexity index is 1040. The molecule has 36 heavy (non-hydrogen) atoms. The van der Waals surface area contributed by atoms with Crippen LogP contribution in [-0.2, 0) is 11.2 Å². The zero-order chi connectivity index (χ0) is 27.0. The van der Waals surface area contributed by atoms with Gasteiger partial charge in [0.15, 0.2) is 0 Å². The number of aliphatic carboxylic acids is 1. The second-order valence-electron chi connectivity index (χ2n) is 10.5. The number of hydrogen-bond donors (Lipinski definition) is 3. The average Bonchev–Trinajstić information content (AvgIpc) is 2.81. The smallest absolute Gasteiger partial charge is 0.322 e. The summed E-state index contributed by atoms with van der Waals surface area (Å²) in [5, 5.41) is 22.2. The number of amides is 1. The SMILES string of the molecule is CCC(CCc1ccc(OCC(O)(C(C)C)C(C)C)c(C)c1)c1ccc(C(=O)NCC(=O)O)c(C)c1. The van der Waals surface area contributed by atoms with Crippen LogP contribution in [-0.4, -0.2) is 40.8 Å². The minimum absolute atomic E-state index is 0.0971. The Morgan fingerprint density at radius 3 is 2.19 bits per heavy atom. The third kappa shape index (κ3) is 7.57. The van der Waals surface area contributed by atoms with E-state index in [1.807, 2.05) is 59.7 Å². The van der Waals surface area contributed by atoms with Gasteiger partial charge in [0, 0.05) is 5.56 Å². The van der Waals surface area contributed by atoms with Gasteiger partial charge in [-0.3, -0.25) is 9.59 Å². The number of aliphatic hydroxyl groups is 1. The van der Waals surface area contributed by atoms with Crippen molar-refractivity contribution in [1.29, 1.82) is 0 Å². The van der Waals surface area contributed by atoms with E-state index in [1.165, 1.54) is 11.1 Å². The molecule has 198 valence electrons. The number of aryl methyl sites for hydroxylation is 3. The van der Waals surface area contributed by atoms with Crippen LogP contribution in [0.2, 0.25) is 0 Å². The van der Waals surface area contributed by atoms with Crippen LogP contribution in [0, 0.1) is 25.7 Å². The highest BCUT2D eigenvalue weighted by Gasteiger charge is 2.35. The van der Waals surface area contributed by atoms with Crippen molar-refractivity contribution in [1.82, 2.24) is 5.32 Å². The largest absolute Gasteiger partial charge is 0.490 e. The summed E-state index contributed by atoms with van der Waals surface area (Å²) >= 11 is 0. The van der Waals surface area contributed by atoms with Gasteiger partial charge in [0.25, 0.3) is 5.91 Å². The van der Waals surface area contributed by atoms with Crippen molar-refractivity contribution in [3.05, 3.63) is 64.2 Å². The molecule has 3 N–H and O–H groups in total. The fourth-order valence-corrected chi connectivity index (χ4v) is 4.62. The van der Waals surface area contributed by atoms with Crippen molar-refractivity contribution >= 4 is 11.9 Å². The van der Waals surface area contributed by atoms with Gasteiger partial charge in [-0.05, 0) is 85.3 Å². The molecule has 0 heterocycles. The number of benzene rings is 2. The van der Waals surface area contributed by atoms with Crippen LogP contribution in [0.1, 0.15) is 86.0 Å². The highest BCUT2D eigenvalue weighted by Crippen LogP contribution is 2.30. The van der Waals surface area contributed by atoms with E-state index in [0.717, 1.165) is 36.1 Å². The monoisotopic (exact) mass is 497 g/mol. The molecular weight excluding hydrogens is 454 g/mol. The maximum Gasteiger partial charge on any atom is 0.322 e. The first-order valence-corrected chi connectivity index (χ1v) is 12.9. The van der Waals surface area contributed by atoms with Crippen molar-refractivity contribution in [2.45, 2.75) is 79.2 Å². The highest BCUT2D eigenvalue weighted by atomic mass is 16.5. The summed E-state index contributed by atoms with van der Waals surface area (Å²) in [6.45, 7) is 14.0. The molecule has 0 aromatic heterocycles. The molecule has 6 nitrogen and oxygen atoms in total. The number of carboxylic acids is 1. The van der Waals surface area contributed by atoms with E-state index in [1.54, 1.807) is 6.07 Å². The maximum absolute atomic E-state index is 12.3. The summed E-state index contributed by atoms with van der Waals surface area (Å²) < 4.78 is 6.05. The fourth-order valence-electron chi connectivity index (χ4n) is 4.62. The molecule has 0 aliphatic carbocycles. The average molecular weight is 498 g/mol. The maximum atomic E-state index is 12.3. The van der Waals surface area contributed by atoms with Gasteiger partial charge in [0.2, 0.25) is 0 Å². The van der Waals surface area contributed by atoms with Crippen LogP contribution < -0.4 is 10.1 Å². The van der Waals surface area contributed by atoms with E-state index >= 15 is 0 Å². The molecule has 0 spiro atoms. The van der Waals surface area contributed by atoms with Crippen LogP contribution in [0.25, 0.3) is 0 Å². The minimum atomic E-state index is -1.06. The minimum Gasteiger partial charge on any atom is -0.490 e. The molecule has 1 unspecified atom stereocenters. The number of rotatable bonds is 13. The van der Waals surface area contributed by atoms with Gasteiger partial charge in [-0.25, -0.2) is 0 Å². The second-order valence-corrected chi connectivity index (χ2v) is 10.5. The lowest BCUT2D eigenvalue weighted by molar-refractivity contribution is -0.135. The Balaban J connectivity index is 2.04. The summed E-state index contributed by atoms with van der Waals surface area (Å²) in [6, 6.07) is 12.1. The normalized spacial score (nSPS) is 12.6. The van der Waals surface area contributed by atoms with Crippen LogP contribution in [0.4, 0.5) is 0 Å². The molecule has 0 aliphatic rings. The number of carboxylic acid groups (broad SMARTS) is 1. The Morgan fingerprint density at radius 2 is 1.67 bits per heavy atom. The lowest BCUT2D eigenvalue weighted by Gasteiger charge is -2.36. The molecule has 0 aliphatic heterocycles. The van der Waals surface area contributed by atoms with E-state index in [9.17, 15) is 14.7 Å². The van der Waals surface area contributed by atoms with Gasteiger partial charge in [-0.1, -0.05) is 58.9 Å².